The summed E-state index contributed by atoms with van der Waals surface area (Å²) in [5.41, 5.74) is 0. The number of aliphatic hydroxyl groups excluding tert-OH is 11. The summed E-state index contributed by atoms with van der Waals surface area (Å²) in [7, 11) is 0. The molecule has 14 N–H and O–H groups in total. The summed E-state index contributed by atoms with van der Waals surface area (Å²) in [4.78, 5) is 38.6. The van der Waals surface area contributed by atoms with Gasteiger partial charge in [0.05, 0.1) is 50.7 Å². The maximum atomic E-state index is 13.5. The smallest absolute Gasteiger partial charge is 0.364 e. The Morgan fingerprint density at radius 1 is 0.547 bits per heavy atom. The van der Waals surface area contributed by atoms with Crippen LogP contribution in [0.15, 0.2) is 12.2 Å². The molecule has 0 saturated carbocycles. The number of hydrogen-bond acceptors (Lipinski definition) is 20. The number of carboxylic acid groups (broad SMARTS) is 1. The van der Waals surface area contributed by atoms with Crippen molar-refractivity contribution < 1.29 is 104 Å². The second-order valence-corrected chi connectivity index (χ2v) is 27.5. The highest BCUT2D eigenvalue weighted by Gasteiger charge is 2.60. The first-order valence-electron chi connectivity index (χ1n) is 37.6. The number of aliphatic carboxylic acids is 1. The number of carbonyl (C=O) groups is 3. The Labute approximate surface area is 569 Å². The summed E-state index contributed by atoms with van der Waals surface area (Å²) >= 11 is 0. The number of unbranched alkanes of at least 4 members (excludes halogenated alkanes) is 38. The lowest BCUT2D eigenvalue weighted by Crippen LogP contribution is -2.70. The van der Waals surface area contributed by atoms with Gasteiger partial charge in [0.2, 0.25) is 11.8 Å². The zero-order valence-corrected chi connectivity index (χ0v) is 58.5. The molecule has 0 radical (unpaired) electrons. The Morgan fingerprint density at radius 3 is 1.40 bits per heavy atom. The number of allylic oxidation sites excluding steroid dienone is 1. The number of carboxylic acids is 1. The van der Waals surface area contributed by atoms with E-state index in [1.165, 1.54) is 199 Å². The molecule has 2 amide bonds. The highest BCUT2D eigenvalue weighted by molar-refractivity contribution is 5.77. The molecule has 95 heavy (non-hydrogen) atoms. The van der Waals surface area contributed by atoms with E-state index in [4.69, 9.17) is 28.4 Å². The summed E-state index contributed by atoms with van der Waals surface area (Å²) in [5, 5.41) is 136. The van der Waals surface area contributed by atoms with Crippen molar-refractivity contribution in [3.63, 3.8) is 0 Å². The summed E-state index contributed by atoms with van der Waals surface area (Å²) in [6.07, 6.45) is 23.9. The lowest BCUT2D eigenvalue weighted by atomic mass is 9.88. The second kappa shape index (κ2) is 52.5. The minimum atomic E-state index is -3.08. The first-order valence-corrected chi connectivity index (χ1v) is 37.6. The average molecular weight is 1360 g/mol. The van der Waals surface area contributed by atoms with E-state index in [9.17, 15) is 75.7 Å². The molecule has 3 saturated heterocycles. The Bertz CT molecular complexity index is 1960. The van der Waals surface area contributed by atoms with Crippen LogP contribution in [-0.4, -0.2) is 215 Å². The molecule has 3 heterocycles. The van der Waals surface area contributed by atoms with Gasteiger partial charge < -0.3 is 100 Å². The zero-order chi connectivity index (χ0) is 69.6. The monoisotopic (exact) mass is 1360 g/mol. The van der Waals surface area contributed by atoms with E-state index in [1.807, 2.05) is 6.08 Å². The van der Waals surface area contributed by atoms with E-state index in [0.717, 1.165) is 51.9 Å². The lowest BCUT2D eigenvalue weighted by Gasteiger charge is -2.50. The predicted molar refractivity (Wildman–Crippen MR) is 362 cm³/mol. The van der Waals surface area contributed by atoms with Crippen molar-refractivity contribution in [2.24, 2.45) is 0 Å². The number of nitrogens with one attached hydrogen (secondary N) is 2. The van der Waals surface area contributed by atoms with Gasteiger partial charge in [-0.15, -0.1) is 0 Å². The molecule has 0 aromatic carbocycles. The molecular weight excluding hydrogens is 1230 g/mol. The molecule has 3 aliphatic heterocycles. The highest BCUT2D eigenvalue weighted by Crippen LogP contribution is 2.39. The molecule has 3 fully saturated rings. The fourth-order valence-corrected chi connectivity index (χ4v) is 13.2. The van der Waals surface area contributed by atoms with Gasteiger partial charge in [-0.1, -0.05) is 264 Å². The van der Waals surface area contributed by atoms with Crippen LogP contribution < -0.4 is 10.6 Å². The van der Waals surface area contributed by atoms with Crippen LogP contribution in [0.3, 0.4) is 0 Å². The topological polar surface area (TPSA) is 373 Å². The molecular formula is C72H134N2O21. The summed E-state index contributed by atoms with van der Waals surface area (Å²) in [5.74, 6) is -6.13. The maximum Gasteiger partial charge on any atom is 0.364 e. The summed E-state index contributed by atoms with van der Waals surface area (Å²) < 4.78 is 34.9. The first-order chi connectivity index (χ1) is 45.9. The molecule has 0 aromatic heterocycles. The molecule has 18 unspecified atom stereocenters. The van der Waals surface area contributed by atoms with Crippen molar-refractivity contribution >= 4 is 17.8 Å². The standard InChI is InChI=1S/C72H134N2O21/c1-4-6-8-10-12-14-16-18-20-22-24-25-26-27-28-29-31-33-35-37-39-41-43-45-54(79)53(74-59(82)46-44-42-40-38-36-34-32-30-23-21-19-17-15-13-11-9-7-5-2)51-90-69-64(86)63(85)66(58(50-77)92-69)93-70-65(87)68(62(84)57(49-76)91-70)95-72(71(88)89)47-55(80)60(73-52(3)78)67(94-72)61(83)56(81)48-75/h43,45,53-58,60-70,75-77,79-81,83-87H,4-42,44,46-51H2,1-3H3,(H,73,78)(H,74,82)(H,88,89)/b45-43+. The summed E-state index contributed by atoms with van der Waals surface area (Å²) in [6, 6.07) is -2.61. The SMILES string of the molecule is CCCCCCCCCCCCCCCCCCCCCCC/C=C/C(O)C(COC1OC(CO)C(OC2OC(CO)C(O)C(OC3(C(=O)O)CC(O)C(NC(C)=O)C(C(O)C(O)CO)O3)C2O)C(O)C1O)NC(=O)CCCCCCCCCCCCCCCCCCCC. The first kappa shape index (κ1) is 86.7. The molecule has 23 nitrogen and oxygen atoms in total. The normalized spacial score (nSPS) is 27.7. The molecule has 3 aliphatic rings. The number of carbonyl (C=O) groups excluding carboxylic acids is 2. The number of amides is 2. The quantitative estimate of drug-likeness (QED) is 0.0201. The zero-order valence-electron chi connectivity index (χ0n) is 58.5. The number of ether oxygens (including phenoxy) is 6. The predicted octanol–water partition coefficient (Wildman–Crippen LogP) is 8.24. The van der Waals surface area contributed by atoms with E-state index < -0.39 is 155 Å². The molecule has 558 valence electrons. The van der Waals surface area contributed by atoms with Gasteiger partial charge in [-0.05, 0) is 19.3 Å². The van der Waals surface area contributed by atoms with Gasteiger partial charge in [0.15, 0.2) is 12.6 Å². The van der Waals surface area contributed by atoms with Crippen molar-refractivity contribution in [3.8, 4) is 0 Å². The van der Waals surface area contributed by atoms with Crippen LogP contribution in [0.5, 0.6) is 0 Å². The van der Waals surface area contributed by atoms with Crippen LogP contribution in [-0.2, 0) is 42.8 Å². The van der Waals surface area contributed by atoms with Crippen molar-refractivity contribution in [1.29, 1.82) is 0 Å². The van der Waals surface area contributed by atoms with Gasteiger partial charge in [-0.25, -0.2) is 4.79 Å². The molecule has 3 rings (SSSR count). The fraction of sp³-hybridized carbons (Fsp3) is 0.931. The van der Waals surface area contributed by atoms with Crippen LogP contribution in [0.2, 0.25) is 0 Å². The lowest BCUT2D eigenvalue weighted by molar-refractivity contribution is -0.386. The Balaban J connectivity index is 1.57. The minimum absolute atomic E-state index is 0.205. The number of aliphatic hydroxyl groups is 11. The molecule has 0 aliphatic carbocycles. The third-order valence-corrected chi connectivity index (χ3v) is 19.2. The molecule has 0 bridgehead atoms. The molecule has 0 spiro atoms. The van der Waals surface area contributed by atoms with Crippen molar-refractivity contribution in [2.45, 2.75) is 400 Å². The Hall–Kier alpha value is -2.53. The van der Waals surface area contributed by atoms with Gasteiger partial charge >= 0.3 is 5.97 Å². The fourth-order valence-electron chi connectivity index (χ4n) is 13.2. The van der Waals surface area contributed by atoms with Crippen LogP contribution in [0, 0.1) is 0 Å². The van der Waals surface area contributed by atoms with Crippen LogP contribution >= 0.6 is 0 Å². The van der Waals surface area contributed by atoms with E-state index >= 15 is 0 Å². The third kappa shape index (κ3) is 34.1. The average Bonchev–Trinajstić information content (AvgIpc) is 0.758. The Morgan fingerprint density at radius 2 is 0.979 bits per heavy atom. The number of hydrogen-bond donors (Lipinski definition) is 14. The maximum absolute atomic E-state index is 13.5. The highest BCUT2D eigenvalue weighted by atomic mass is 16.8. The van der Waals surface area contributed by atoms with Crippen LogP contribution in [0.1, 0.15) is 290 Å². The van der Waals surface area contributed by atoms with Gasteiger partial charge in [0, 0.05) is 19.8 Å². The van der Waals surface area contributed by atoms with Crippen LogP contribution in [0.4, 0.5) is 0 Å². The summed E-state index contributed by atoms with van der Waals surface area (Å²) in [6.45, 7) is 2.18. The third-order valence-electron chi connectivity index (χ3n) is 19.2. The van der Waals surface area contributed by atoms with E-state index in [0.29, 0.717) is 12.8 Å². The van der Waals surface area contributed by atoms with Gasteiger partial charge in [-0.3, -0.25) is 9.59 Å². The van der Waals surface area contributed by atoms with Crippen molar-refractivity contribution in [1.82, 2.24) is 10.6 Å². The van der Waals surface area contributed by atoms with Gasteiger partial charge in [-0.2, -0.15) is 0 Å². The largest absolute Gasteiger partial charge is 0.477 e. The van der Waals surface area contributed by atoms with Crippen molar-refractivity contribution in [2.75, 3.05) is 26.4 Å². The minimum Gasteiger partial charge on any atom is -0.477 e. The van der Waals surface area contributed by atoms with E-state index in [-0.39, 0.29) is 12.3 Å². The van der Waals surface area contributed by atoms with Gasteiger partial charge in [0.25, 0.3) is 5.79 Å². The molecule has 23 heteroatoms. The van der Waals surface area contributed by atoms with Crippen molar-refractivity contribution in [3.05, 3.63) is 12.2 Å². The van der Waals surface area contributed by atoms with E-state index in [2.05, 4.69) is 24.5 Å². The Kier molecular flexibility index (Phi) is 47.9. The van der Waals surface area contributed by atoms with Crippen LogP contribution in [0.25, 0.3) is 0 Å². The number of rotatable bonds is 58. The van der Waals surface area contributed by atoms with E-state index in [1.54, 1.807) is 6.08 Å². The van der Waals surface area contributed by atoms with Gasteiger partial charge in [0.1, 0.15) is 67.1 Å². The second-order valence-electron chi connectivity index (χ2n) is 27.5. The molecule has 18 atom stereocenters. The molecule has 0 aromatic rings.